The van der Waals surface area contributed by atoms with Crippen LogP contribution in [0, 0.1) is 11.3 Å². The normalized spacial score (nSPS) is 21.4. The van der Waals surface area contributed by atoms with Crippen LogP contribution in [0.5, 0.6) is 0 Å². The molecule has 23 heavy (non-hydrogen) atoms. The van der Waals surface area contributed by atoms with Crippen molar-refractivity contribution in [2.24, 2.45) is 17.1 Å². The lowest BCUT2D eigenvalue weighted by Gasteiger charge is -2.25. The van der Waals surface area contributed by atoms with E-state index >= 15 is 0 Å². The number of carbonyl (C=O) groups is 2. The molecule has 0 unspecified atom stereocenters. The zero-order valence-corrected chi connectivity index (χ0v) is 14.0. The fourth-order valence-corrected chi connectivity index (χ4v) is 2.92. The van der Waals surface area contributed by atoms with Gasteiger partial charge in [-0.05, 0) is 12.1 Å². The summed E-state index contributed by atoms with van der Waals surface area (Å²) in [4.78, 5) is 29.7. The lowest BCUT2D eigenvalue weighted by Crippen LogP contribution is -2.38. The quantitative estimate of drug-likeness (QED) is 0.883. The van der Waals surface area contributed by atoms with Crippen molar-refractivity contribution in [2.75, 3.05) is 26.3 Å². The summed E-state index contributed by atoms with van der Waals surface area (Å²) in [5.74, 6) is -0.151. The second-order valence-corrected chi connectivity index (χ2v) is 7.06. The van der Waals surface area contributed by atoms with E-state index in [-0.39, 0.29) is 24.3 Å². The third-order valence-corrected chi connectivity index (χ3v) is 4.01. The zero-order chi connectivity index (χ0) is 17.0. The molecule has 2 heterocycles. The second kappa shape index (κ2) is 7.08. The summed E-state index contributed by atoms with van der Waals surface area (Å²) in [6.07, 6.45) is 1.75. The van der Waals surface area contributed by atoms with Gasteiger partial charge in [-0.1, -0.05) is 26.8 Å². The molecule has 0 aromatic carbocycles. The van der Waals surface area contributed by atoms with E-state index in [1.165, 1.54) is 0 Å². The molecule has 2 atom stereocenters. The molecule has 2 rings (SSSR count). The summed E-state index contributed by atoms with van der Waals surface area (Å²) in [5.41, 5.74) is 5.64. The molecule has 0 saturated carbocycles. The van der Waals surface area contributed by atoms with E-state index in [1.54, 1.807) is 6.20 Å². The zero-order valence-electron chi connectivity index (χ0n) is 14.0. The standard InChI is InChI=1S/C17H25N3O3/c1-17(2,3)16(22)20-8-12(10-23-11-15(18)21)13(9-20)14-6-4-5-7-19-14/h4-7,12-13H,8-11H2,1-3H3,(H2,18,21)/t12-,13+/m0/s1. The van der Waals surface area contributed by atoms with Crippen molar-refractivity contribution >= 4 is 11.8 Å². The minimum absolute atomic E-state index is 0.0986. The molecule has 1 saturated heterocycles. The van der Waals surface area contributed by atoms with Crippen molar-refractivity contribution in [3.63, 3.8) is 0 Å². The van der Waals surface area contributed by atoms with Gasteiger partial charge in [0.15, 0.2) is 0 Å². The van der Waals surface area contributed by atoms with Gasteiger partial charge in [0.05, 0.1) is 6.61 Å². The number of ether oxygens (including phenoxy) is 1. The minimum Gasteiger partial charge on any atom is -0.371 e. The number of pyridine rings is 1. The first-order valence-electron chi connectivity index (χ1n) is 7.85. The number of nitrogens with zero attached hydrogens (tertiary/aromatic N) is 2. The molecule has 1 aliphatic heterocycles. The number of aromatic nitrogens is 1. The Bertz CT molecular complexity index is 554. The predicted molar refractivity (Wildman–Crippen MR) is 86.5 cm³/mol. The molecule has 126 valence electrons. The van der Waals surface area contributed by atoms with Crippen LogP contribution in [-0.4, -0.2) is 48.0 Å². The molecule has 1 aromatic heterocycles. The first-order chi connectivity index (χ1) is 10.8. The van der Waals surface area contributed by atoms with Crippen molar-refractivity contribution in [1.82, 2.24) is 9.88 Å². The van der Waals surface area contributed by atoms with Crippen LogP contribution in [0.15, 0.2) is 24.4 Å². The van der Waals surface area contributed by atoms with Crippen molar-refractivity contribution in [1.29, 1.82) is 0 Å². The van der Waals surface area contributed by atoms with Gasteiger partial charge in [-0.15, -0.1) is 0 Å². The lowest BCUT2D eigenvalue weighted by atomic mass is 9.93. The second-order valence-electron chi connectivity index (χ2n) is 7.06. The highest BCUT2D eigenvalue weighted by molar-refractivity contribution is 5.82. The van der Waals surface area contributed by atoms with Gasteiger partial charge in [-0.2, -0.15) is 0 Å². The van der Waals surface area contributed by atoms with Crippen LogP contribution in [-0.2, 0) is 14.3 Å². The van der Waals surface area contributed by atoms with Crippen LogP contribution in [0.25, 0.3) is 0 Å². The van der Waals surface area contributed by atoms with Gasteiger partial charge >= 0.3 is 0 Å². The van der Waals surface area contributed by atoms with Crippen LogP contribution < -0.4 is 5.73 Å². The molecule has 1 aliphatic rings. The molecular weight excluding hydrogens is 294 g/mol. The van der Waals surface area contributed by atoms with Gasteiger partial charge < -0.3 is 15.4 Å². The first kappa shape index (κ1) is 17.4. The average molecular weight is 319 g/mol. The Hall–Kier alpha value is -1.95. The molecule has 6 heteroatoms. The number of hydrogen-bond acceptors (Lipinski definition) is 4. The summed E-state index contributed by atoms with van der Waals surface area (Å²) in [6, 6.07) is 5.78. The largest absolute Gasteiger partial charge is 0.371 e. The van der Waals surface area contributed by atoms with Crippen molar-refractivity contribution in [3.8, 4) is 0 Å². The monoisotopic (exact) mass is 319 g/mol. The average Bonchev–Trinajstić information content (AvgIpc) is 2.90. The molecule has 0 aliphatic carbocycles. The van der Waals surface area contributed by atoms with Crippen molar-refractivity contribution in [2.45, 2.75) is 26.7 Å². The number of hydrogen-bond donors (Lipinski definition) is 1. The highest BCUT2D eigenvalue weighted by Gasteiger charge is 2.39. The van der Waals surface area contributed by atoms with Gasteiger partial charge in [-0.25, -0.2) is 0 Å². The molecular formula is C17H25N3O3. The molecule has 2 N–H and O–H groups in total. The topological polar surface area (TPSA) is 85.5 Å². The Morgan fingerprint density at radius 2 is 2.09 bits per heavy atom. The minimum atomic E-state index is -0.486. The highest BCUT2D eigenvalue weighted by Crippen LogP contribution is 2.34. The molecule has 6 nitrogen and oxygen atoms in total. The first-order valence-corrected chi connectivity index (χ1v) is 7.85. The number of primary amides is 1. The van der Waals surface area contributed by atoms with Crippen LogP contribution in [0.1, 0.15) is 32.4 Å². The summed E-state index contributed by atoms with van der Waals surface area (Å²) in [5, 5.41) is 0. The van der Waals surface area contributed by atoms with Crippen molar-refractivity contribution < 1.29 is 14.3 Å². The van der Waals surface area contributed by atoms with E-state index in [0.717, 1.165) is 5.69 Å². The van der Waals surface area contributed by atoms with Gasteiger partial charge in [0, 0.05) is 42.2 Å². The third kappa shape index (κ3) is 4.51. The van der Waals surface area contributed by atoms with Gasteiger partial charge in [0.1, 0.15) is 6.61 Å². The van der Waals surface area contributed by atoms with E-state index in [2.05, 4.69) is 4.98 Å². The third-order valence-electron chi connectivity index (χ3n) is 4.01. The molecule has 0 bridgehead atoms. The van der Waals surface area contributed by atoms with Crippen LogP contribution in [0.4, 0.5) is 0 Å². The van der Waals surface area contributed by atoms with Crippen LogP contribution in [0.3, 0.4) is 0 Å². The summed E-state index contributed by atoms with van der Waals surface area (Å²) in [7, 11) is 0. The van der Waals surface area contributed by atoms with E-state index < -0.39 is 11.3 Å². The molecule has 2 amide bonds. The number of likely N-dealkylation sites (tertiary alicyclic amines) is 1. The van der Waals surface area contributed by atoms with Gasteiger partial charge in [0.2, 0.25) is 11.8 Å². The summed E-state index contributed by atoms with van der Waals surface area (Å²) < 4.78 is 5.40. The maximum absolute atomic E-state index is 12.6. The van der Waals surface area contributed by atoms with Crippen LogP contribution >= 0.6 is 0 Å². The Balaban J connectivity index is 2.12. The summed E-state index contributed by atoms with van der Waals surface area (Å²) in [6.45, 7) is 7.27. The van der Waals surface area contributed by atoms with Crippen LogP contribution in [0.2, 0.25) is 0 Å². The smallest absolute Gasteiger partial charge is 0.243 e. The Morgan fingerprint density at radius 3 is 2.65 bits per heavy atom. The fraction of sp³-hybridized carbons (Fsp3) is 0.588. The summed E-state index contributed by atoms with van der Waals surface area (Å²) >= 11 is 0. The Morgan fingerprint density at radius 1 is 1.35 bits per heavy atom. The number of carbonyl (C=O) groups excluding carboxylic acids is 2. The van der Waals surface area contributed by atoms with E-state index in [1.807, 2.05) is 43.9 Å². The Kier molecular flexibility index (Phi) is 5.36. The Labute approximate surface area is 137 Å². The van der Waals surface area contributed by atoms with E-state index in [4.69, 9.17) is 10.5 Å². The molecule has 0 radical (unpaired) electrons. The molecule has 1 aromatic rings. The maximum atomic E-state index is 12.6. The maximum Gasteiger partial charge on any atom is 0.243 e. The number of amides is 2. The number of nitrogens with two attached hydrogens (primary N) is 1. The molecule has 1 fully saturated rings. The van der Waals surface area contributed by atoms with Gasteiger partial charge in [0.25, 0.3) is 0 Å². The number of rotatable bonds is 5. The van der Waals surface area contributed by atoms with Gasteiger partial charge in [-0.3, -0.25) is 14.6 Å². The van der Waals surface area contributed by atoms with E-state index in [9.17, 15) is 9.59 Å². The fourth-order valence-electron chi connectivity index (χ4n) is 2.92. The van der Waals surface area contributed by atoms with E-state index in [0.29, 0.717) is 19.7 Å². The SMILES string of the molecule is CC(C)(C)C(=O)N1C[C@@H](COCC(N)=O)[C@H](c2ccccn2)C1. The highest BCUT2D eigenvalue weighted by atomic mass is 16.5. The van der Waals surface area contributed by atoms with Crippen molar-refractivity contribution in [3.05, 3.63) is 30.1 Å². The predicted octanol–water partition coefficient (Wildman–Crippen LogP) is 1.17. The molecule has 0 spiro atoms. The lowest BCUT2D eigenvalue weighted by molar-refractivity contribution is -0.138.